The first-order chi connectivity index (χ1) is 26.5. The summed E-state index contributed by atoms with van der Waals surface area (Å²) in [6.45, 7) is 6.47. The van der Waals surface area contributed by atoms with Gasteiger partial charge in [-0.3, -0.25) is 9.59 Å². The summed E-state index contributed by atoms with van der Waals surface area (Å²) >= 11 is 0. The normalized spacial score (nSPS) is 13.2. The molecule has 3 atom stereocenters. The van der Waals surface area contributed by atoms with Gasteiger partial charge in [-0.05, 0) is 25.7 Å². The lowest BCUT2D eigenvalue weighted by molar-refractivity contribution is -0.151. The Kier molecular flexibility index (Phi) is 42.1. The molecule has 54 heavy (non-hydrogen) atoms. The van der Waals surface area contributed by atoms with Crippen molar-refractivity contribution in [3.8, 4) is 0 Å². The summed E-state index contributed by atoms with van der Waals surface area (Å²) in [5.41, 5.74) is 0. The van der Waals surface area contributed by atoms with Crippen LogP contribution in [0.1, 0.15) is 271 Å². The van der Waals surface area contributed by atoms with Crippen molar-refractivity contribution in [3.63, 3.8) is 0 Å². The van der Waals surface area contributed by atoms with E-state index in [-0.39, 0.29) is 24.9 Å². The number of aliphatic hydroxyl groups excluding tert-OH is 2. The number of carbonyl (C=O) groups is 2. The van der Waals surface area contributed by atoms with Crippen molar-refractivity contribution in [2.75, 3.05) is 6.61 Å². The first-order valence-electron chi connectivity index (χ1n) is 24.3. The van der Waals surface area contributed by atoms with Crippen molar-refractivity contribution in [3.05, 3.63) is 0 Å². The van der Waals surface area contributed by atoms with Crippen LogP contribution in [0.2, 0.25) is 0 Å². The van der Waals surface area contributed by atoms with E-state index in [2.05, 4.69) is 26.1 Å². The van der Waals surface area contributed by atoms with Crippen LogP contribution in [0.5, 0.6) is 0 Å². The van der Waals surface area contributed by atoms with Gasteiger partial charge in [-0.15, -0.1) is 0 Å². The molecule has 6 heteroatoms. The van der Waals surface area contributed by atoms with Crippen LogP contribution in [0.3, 0.4) is 0 Å². The van der Waals surface area contributed by atoms with E-state index in [0.29, 0.717) is 19.3 Å². The summed E-state index contributed by atoms with van der Waals surface area (Å²) in [7, 11) is 0. The van der Waals surface area contributed by atoms with E-state index in [9.17, 15) is 19.8 Å². The number of aliphatic hydroxyl groups is 2. The van der Waals surface area contributed by atoms with Gasteiger partial charge < -0.3 is 20.3 Å². The third-order valence-electron chi connectivity index (χ3n) is 11.4. The number of esters is 1. The molecule has 0 heterocycles. The largest absolute Gasteiger partial charge is 0.462 e. The second kappa shape index (κ2) is 43.0. The van der Waals surface area contributed by atoms with Crippen LogP contribution in [-0.2, 0) is 14.3 Å². The molecule has 0 bridgehead atoms. The Labute approximate surface area is 336 Å². The van der Waals surface area contributed by atoms with Gasteiger partial charge in [-0.1, -0.05) is 233 Å². The summed E-state index contributed by atoms with van der Waals surface area (Å²) in [6.07, 6.45) is 44.6. The van der Waals surface area contributed by atoms with Crippen molar-refractivity contribution in [1.82, 2.24) is 5.32 Å². The monoisotopic (exact) mass is 766 g/mol. The van der Waals surface area contributed by atoms with Gasteiger partial charge in [0.25, 0.3) is 0 Å². The number of hydrogen-bond acceptors (Lipinski definition) is 5. The van der Waals surface area contributed by atoms with Crippen LogP contribution in [-0.4, -0.2) is 46.9 Å². The summed E-state index contributed by atoms with van der Waals surface area (Å²) in [4.78, 5) is 25.9. The maximum Gasteiger partial charge on any atom is 0.306 e. The van der Waals surface area contributed by atoms with Crippen LogP contribution in [0.15, 0.2) is 0 Å². The fourth-order valence-electron chi connectivity index (χ4n) is 7.73. The summed E-state index contributed by atoms with van der Waals surface area (Å²) in [6, 6.07) is -0.690. The highest BCUT2D eigenvalue weighted by molar-refractivity contribution is 5.77. The Morgan fingerprint density at radius 1 is 0.463 bits per heavy atom. The number of ether oxygens (including phenoxy) is 1. The highest BCUT2D eigenvalue weighted by atomic mass is 16.5. The van der Waals surface area contributed by atoms with Crippen LogP contribution < -0.4 is 5.32 Å². The minimum Gasteiger partial charge on any atom is -0.462 e. The quantitative estimate of drug-likeness (QED) is 0.0424. The molecule has 6 nitrogen and oxygen atoms in total. The smallest absolute Gasteiger partial charge is 0.306 e. The zero-order valence-electron chi connectivity index (χ0n) is 36.6. The Hall–Kier alpha value is -1.14. The highest BCUT2D eigenvalue weighted by Gasteiger charge is 2.24. The molecule has 0 aromatic heterocycles. The van der Waals surface area contributed by atoms with Crippen molar-refractivity contribution >= 4 is 11.9 Å². The number of amides is 1. The van der Waals surface area contributed by atoms with Crippen molar-refractivity contribution in [2.24, 2.45) is 0 Å². The molecule has 0 radical (unpaired) electrons. The second-order valence-corrected chi connectivity index (χ2v) is 16.9. The van der Waals surface area contributed by atoms with Crippen LogP contribution in [0, 0.1) is 0 Å². The average molecular weight is 766 g/mol. The highest BCUT2D eigenvalue weighted by Crippen LogP contribution is 2.18. The first-order valence-corrected chi connectivity index (χ1v) is 24.3. The number of rotatable bonds is 44. The molecule has 0 aromatic rings. The lowest BCUT2D eigenvalue weighted by Gasteiger charge is -2.24. The molecule has 0 saturated heterocycles. The third kappa shape index (κ3) is 37.8. The minimum absolute atomic E-state index is 0.0857. The molecule has 0 aliphatic heterocycles. The van der Waals surface area contributed by atoms with Gasteiger partial charge in [0.15, 0.2) is 0 Å². The minimum atomic E-state index is -0.777. The van der Waals surface area contributed by atoms with E-state index in [4.69, 9.17) is 4.74 Å². The van der Waals surface area contributed by atoms with Crippen LogP contribution in [0.4, 0.5) is 0 Å². The molecule has 3 N–H and O–H groups in total. The topological polar surface area (TPSA) is 95.9 Å². The van der Waals surface area contributed by atoms with Crippen LogP contribution in [0.25, 0.3) is 0 Å². The van der Waals surface area contributed by atoms with E-state index in [1.807, 2.05) is 0 Å². The van der Waals surface area contributed by atoms with E-state index < -0.39 is 18.2 Å². The Bertz CT molecular complexity index is 776. The van der Waals surface area contributed by atoms with Gasteiger partial charge in [0.1, 0.15) is 6.10 Å². The van der Waals surface area contributed by atoms with Gasteiger partial charge >= 0.3 is 5.97 Å². The standard InChI is InChI=1S/C48H95NO5/c1-4-7-10-13-16-18-20-22-23-25-26-28-31-34-37-40-46(51)45(43-50)49-47(52)42-44(39-36-33-30-15-12-9-6-3)54-48(53)41-38-35-32-29-27-24-21-19-17-14-11-8-5-2/h44-46,50-51H,4-43H2,1-3H3,(H,49,52). The zero-order valence-corrected chi connectivity index (χ0v) is 36.6. The number of unbranched alkanes of at least 4 members (excludes halogenated alkanes) is 32. The third-order valence-corrected chi connectivity index (χ3v) is 11.4. The molecule has 3 unspecified atom stereocenters. The summed E-state index contributed by atoms with van der Waals surface area (Å²) in [5.74, 6) is -0.461. The van der Waals surface area contributed by atoms with Crippen LogP contribution >= 0.6 is 0 Å². The molecule has 1 amide bonds. The fraction of sp³-hybridized carbons (Fsp3) is 0.958. The van der Waals surface area contributed by atoms with E-state index in [0.717, 1.165) is 44.9 Å². The predicted molar refractivity (Wildman–Crippen MR) is 232 cm³/mol. The molecule has 0 fully saturated rings. The predicted octanol–water partition coefficient (Wildman–Crippen LogP) is 14.0. The maximum absolute atomic E-state index is 13.1. The van der Waals surface area contributed by atoms with E-state index in [1.54, 1.807) is 0 Å². The molecule has 322 valence electrons. The Morgan fingerprint density at radius 2 is 0.778 bits per heavy atom. The van der Waals surface area contributed by atoms with Gasteiger partial charge in [0.2, 0.25) is 5.91 Å². The Morgan fingerprint density at radius 3 is 1.13 bits per heavy atom. The molecule has 0 aromatic carbocycles. The van der Waals surface area contributed by atoms with Crippen molar-refractivity contribution in [2.45, 2.75) is 289 Å². The molecule has 0 aliphatic carbocycles. The van der Waals surface area contributed by atoms with Gasteiger partial charge in [0, 0.05) is 6.42 Å². The van der Waals surface area contributed by atoms with Gasteiger partial charge in [-0.25, -0.2) is 0 Å². The summed E-state index contributed by atoms with van der Waals surface area (Å²) in [5, 5.41) is 23.7. The molecular weight excluding hydrogens is 671 g/mol. The van der Waals surface area contributed by atoms with E-state index >= 15 is 0 Å². The first kappa shape index (κ1) is 52.9. The number of carbonyl (C=O) groups excluding carboxylic acids is 2. The summed E-state index contributed by atoms with van der Waals surface area (Å²) < 4.78 is 5.88. The molecule has 0 spiro atoms. The molecular formula is C48H95NO5. The van der Waals surface area contributed by atoms with Crippen molar-refractivity contribution < 1.29 is 24.5 Å². The fourth-order valence-corrected chi connectivity index (χ4v) is 7.73. The maximum atomic E-state index is 13.1. The number of hydrogen-bond donors (Lipinski definition) is 3. The van der Waals surface area contributed by atoms with Gasteiger partial charge in [0.05, 0.1) is 25.2 Å². The molecule has 0 saturated carbocycles. The average Bonchev–Trinajstić information content (AvgIpc) is 3.16. The number of nitrogens with one attached hydrogen (secondary N) is 1. The van der Waals surface area contributed by atoms with E-state index in [1.165, 1.54) is 180 Å². The Balaban J connectivity index is 4.34. The molecule has 0 aliphatic rings. The second-order valence-electron chi connectivity index (χ2n) is 16.9. The lowest BCUT2D eigenvalue weighted by Crippen LogP contribution is -2.46. The van der Waals surface area contributed by atoms with Gasteiger partial charge in [-0.2, -0.15) is 0 Å². The molecule has 0 rings (SSSR count). The zero-order chi connectivity index (χ0) is 39.6. The lowest BCUT2D eigenvalue weighted by atomic mass is 10.0. The SMILES string of the molecule is CCCCCCCCCCCCCCCCCC(O)C(CO)NC(=O)CC(CCCCCCCCC)OC(=O)CCCCCCCCCCCCCCC. The van der Waals surface area contributed by atoms with Crippen molar-refractivity contribution in [1.29, 1.82) is 0 Å².